The molecule has 86 valence electrons. The first-order chi connectivity index (χ1) is 7.63. The van der Waals surface area contributed by atoms with Crippen molar-refractivity contribution in [3.63, 3.8) is 0 Å². The van der Waals surface area contributed by atoms with E-state index in [1.165, 1.54) is 0 Å². The summed E-state index contributed by atoms with van der Waals surface area (Å²) in [6.07, 6.45) is 0. The van der Waals surface area contributed by atoms with Gasteiger partial charge in [0.05, 0.1) is 12.1 Å². The molecular formula is C13H18N2O. The van der Waals surface area contributed by atoms with Gasteiger partial charge in [-0.3, -0.25) is 4.68 Å². The zero-order valence-electron chi connectivity index (χ0n) is 9.99. The molecule has 0 unspecified atom stereocenters. The molecule has 3 heteroatoms. The van der Waals surface area contributed by atoms with Crippen LogP contribution in [0.2, 0.25) is 0 Å². The van der Waals surface area contributed by atoms with E-state index in [1.807, 2.05) is 12.1 Å². The minimum absolute atomic E-state index is 0.0858. The molecule has 1 heterocycles. The van der Waals surface area contributed by atoms with Crippen LogP contribution < -0.4 is 5.43 Å². The summed E-state index contributed by atoms with van der Waals surface area (Å²) in [6.45, 7) is 6.38. The second kappa shape index (κ2) is 4.18. The van der Waals surface area contributed by atoms with Gasteiger partial charge >= 0.3 is 0 Å². The highest BCUT2D eigenvalue weighted by Crippen LogP contribution is 2.22. The molecule has 1 aromatic heterocycles. The summed E-state index contributed by atoms with van der Waals surface area (Å²) in [7, 11) is 0. The Bertz CT molecular complexity index is 500. The Balaban J connectivity index is 2.61. The van der Waals surface area contributed by atoms with E-state index in [0.29, 0.717) is 6.04 Å². The zero-order valence-corrected chi connectivity index (χ0v) is 9.99. The minimum atomic E-state index is 0.0858. The molecule has 0 saturated carbocycles. The van der Waals surface area contributed by atoms with Crippen LogP contribution in [0.4, 0.5) is 0 Å². The molecule has 2 N–H and O–H groups in total. The SMILES string of the molecule is Cc1cc2c(CO)cccc2n1NC(C)C. The van der Waals surface area contributed by atoms with Gasteiger partial charge in [-0.1, -0.05) is 12.1 Å². The van der Waals surface area contributed by atoms with Crippen molar-refractivity contribution in [3.05, 3.63) is 35.5 Å². The zero-order chi connectivity index (χ0) is 11.7. The molecule has 0 radical (unpaired) electrons. The molecule has 0 bridgehead atoms. The molecule has 0 aliphatic heterocycles. The summed E-state index contributed by atoms with van der Waals surface area (Å²) in [5.41, 5.74) is 6.64. The largest absolute Gasteiger partial charge is 0.392 e. The number of aryl methyl sites for hydroxylation is 1. The van der Waals surface area contributed by atoms with Crippen LogP contribution in [0.3, 0.4) is 0 Å². The number of fused-ring (bicyclic) bond motifs is 1. The first-order valence-electron chi connectivity index (χ1n) is 5.61. The van der Waals surface area contributed by atoms with E-state index in [2.05, 4.69) is 43.0 Å². The van der Waals surface area contributed by atoms with Crippen LogP contribution in [0.15, 0.2) is 24.3 Å². The van der Waals surface area contributed by atoms with Crippen molar-refractivity contribution in [3.8, 4) is 0 Å². The predicted molar refractivity (Wildman–Crippen MR) is 67.1 cm³/mol. The number of aliphatic hydroxyl groups is 1. The third kappa shape index (κ3) is 1.78. The van der Waals surface area contributed by atoms with E-state index in [-0.39, 0.29) is 6.61 Å². The van der Waals surface area contributed by atoms with E-state index < -0.39 is 0 Å². The lowest BCUT2D eigenvalue weighted by molar-refractivity contribution is 0.283. The summed E-state index contributed by atoms with van der Waals surface area (Å²) in [4.78, 5) is 0. The fraction of sp³-hybridized carbons (Fsp3) is 0.385. The normalized spacial score (nSPS) is 11.3. The molecule has 2 rings (SSSR count). The van der Waals surface area contributed by atoms with Crippen molar-refractivity contribution in [2.24, 2.45) is 0 Å². The molecular weight excluding hydrogens is 200 g/mol. The van der Waals surface area contributed by atoms with Crippen LogP contribution in [0, 0.1) is 6.92 Å². The summed E-state index contributed by atoms with van der Waals surface area (Å²) in [5, 5.41) is 10.4. The summed E-state index contributed by atoms with van der Waals surface area (Å²) < 4.78 is 2.08. The van der Waals surface area contributed by atoms with E-state index in [9.17, 15) is 5.11 Å². The topological polar surface area (TPSA) is 37.2 Å². The van der Waals surface area contributed by atoms with Crippen molar-refractivity contribution < 1.29 is 5.11 Å². The molecule has 0 atom stereocenters. The summed E-state index contributed by atoms with van der Waals surface area (Å²) in [6, 6.07) is 8.49. The van der Waals surface area contributed by atoms with Crippen molar-refractivity contribution in [1.29, 1.82) is 0 Å². The third-order valence-electron chi connectivity index (χ3n) is 2.68. The Morgan fingerprint density at radius 3 is 2.75 bits per heavy atom. The van der Waals surface area contributed by atoms with Crippen LogP contribution in [0.25, 0.3) is 10.9 Å². The van der Waals surface area contributed by atoms with Crippen molar-refractivity contribution in [2.75, 3.05) is 5.43 Å². The number of aromatic nitrogens is 1. The Kier molecular flexibility index (Phi) is 2.88. The van der Waals surface area contributed by atoms with Gasteiger partial charge in [0, 0.05) is 17.1 Å². The second-order valence-electron chi connectivity index (χ2n) is 4.41. The molecule has 16 heavy (non-hydrogen) atoms. The number of benzene rings is 1. The van der Waals surface area contributed by atoms with Crippen LogP contribution in [-0.2, 0) is 6.61 Å². The molecule has 0 saturated heterocycles. The Morgan fingerprint density at radius 2 is 2.12 bits per heavy atom. The lowest BCUT2D eigenvalue weighted by Gasteiger charge is -2.15. The maximum Gasteiger partial charge on any atom is 0.0699 e. The van der Waals surface area contributed by atoms with Gasteiger partial charge in [0.2, 0.25) is 0 Å². The molecule has 0 aliphatic carbocycles. The van der Waals surface area contributed by atoms with Crippen molar-refractivity contribution in [1.82, 2.24) is 4.68 Å². The van der Waals surface area contributed by atoms with Crippen LogP contribution >= 0.6 is 0 Å². The van der Waals surface area contributed by atoms with Gasteiger partial charge in [-0.15, -0.1) is 0 Å². The molecule has 1 aromatic carbocycles. The lowest BCUT2D eigenvalue weighted by Crippen LogP contribution is -2.22. The van der Waals surface area contributed by atoms with E-state index in [0.717, 1.165) is 22.2 Å². The maximum absolute atomic E-state index is 9.29. The van der Waals surface area contributed by atoms with Crippen LogP contribution in [-0.4, -0.2) is 15.8 Å². The number of aliphatic hydroxyl groups excluding tert-OH is 1. The third-order valence-corrected chi connectivity index (χ3v) is 2.68. The predicted octanol–water partition coefficient (Wildman–Crippen LogP) is 2.39. The van der Waals surface area contributed by atoms with Gasteiger partial charge in [0.1, 0.15) is 0 Å². The quantitative estimate of drug-likeness (QED) is 0.830. The molecule has 0 aliphatic rings. The minimum Gasteiger partial charge on any atom is -0.392 e. The molecule has 0 spiro atoms. The highest BCUT2D eigenvalue weighted by atomic mass is 16.3. The highest BCUT2D eigenvalue weighted by Gasteiger charge is 2.08. The maximum atomic E-state index is 9.29. The van der Waals surface area contributed by atoms with Crippen molar-refractivity contribution >= 4 is 10.9 Å². The lowest BCUT2D eigenvalue weighted by atomic mass is 10.1. The van der Waals surface area contributed by atoms with Crippen molar-refractivity contribution in [2.45, 2.75) is 33.4 Å². The van der Waals surface area contributed by atoms with Gasteiger partial charge in [0.15, 0.2) is 0 Å². The van der Waals surface area contributed by atoms with Gasteiger partial charge in [-0.2, -0.15) is 0 Å². The molecule has 0 fully saturated rings. The van der Waals surface area contributed by atoms with Gasteiger partial charge in [0.25, 0.3) is 0 Å². The van der Waals surface area contributed by atoms with E-state index >= 15 is 0 Å². The first-order valence-corrected chi connectivity index (χ1v) is 5.61. The fourth-order valence-electron chi connectivity index (χ4n) is 1.99. The second-order valence-corrected chi connectivity index (χ2v) is 4.41. The molecule has 2 aromatic rings. The Labute approximate surface area is 95.7 Å². The Morgan fingerprint density at radius 1 is 1.38 bits per heavy atom. The van der Waals surface area contributed by atoms with Gasteiger partial charge < -0.3 is 10.5 Å². The summed E-state index contributed by atoms with van der Waals surface area (Å²) in [5.74, 6) is 0. The Hall–Kier alpha value is -1.48. The average molecular weight is 218 g/mol. The highest BCUT2D eigenvalue weighted by molar-refractivity contribution is 5.85. The van der Waals surface area contributed by atoms with Crippen LogP contribution in [0.5, 0.6) is 0 Å². The average Bonchev–Trinajstić information content (AvgIpc) is 2.55. The standard InChI is InChI=1S/C13H18N2O/c1-9(2)14-15-10(3)7-12-11(8-16)5-4-6-13(12)15/h4-7,9,14,16H,8H2,1-3H3. The number of rotatable bonds is 3. The molecule has 0 amide bonds. The monoisotopic (exact) mass is 218 g/mol. The van der Waals surface area contributed by atoms with Gasteiger partial charge in [-0.25, -0.2) is 0 Å². The number of hydrogen-bond donors (Lipinski definition) is 2. The number of nitrogens with zero attached hydrogens (tertiary/aromatic N) is 1. The van der Waals surface area contributed by atoms with E-state index in [1.54, 1.807) is 0 Å². The molecule has 3 nitrogen and oxygen atoms in total. The van der Waals surface area contributed by atoms with Gasteiger partial charge in [-0.05, 0) is 38.5 Å². The van der Waals surface area contributed by atoms with Crippen LogP contribution in [0.1, 0.15) is 25.1 Å². The number of nitrogens with one attached hydrogen (secondary N) is 1. The number of hydrogen-bond acceptors (Lipinski definition) is 2. The smallest absolute Gasteiger partial charge is 0.0699 e. The first kappa shape index (κ1) is 11.0. The summed E-state index contributed by atoms with van der Waals surface area (Å²) >= 11 is 0. The van der Waals surface area contributed by atoms with E-state index in [4.69, 9.17) is 0 Å². The fourth-order valence-corrected chi connectivity index (χ4v) is 1.99.